The molecule has 32 heavy (non-hydrogen) atoms. The molecule has 0 bridgehead atoms. The van der Waals surface area contributed by atoms with Crippen LogP contribution in [0, 0.1) is 17.8 Å². The summed E-state index contributed by atoms with van der Waals surface area (Å²) in [5.74, 6) is 1.94. The summed E-state index contributed by atoms with van der Waals surface area (Å²) < 4.78 is 0. The highest BCUT2D eigenvalue weighted by molar-refractivity contribution is 6.30. The number of carbonyl (C=O) groups excluding carboxylic acids is 1. The number of halogens is 1. The normalized spacial score (nSPS) is 22.6. The second kappa shape index (κ2) is 11.1. The van der Waals surface area contributed by atoms with Crippen LogP contribution in [-0.4, -0.2) is 53.5 Å². The van der Waals surface area contributed by atoms with Gasteiger partial charge in [0.15, 0.2) is 0 Å². The molecule has 0 aliphatic carbocycles. The van der Waals surface area contributed by atoms with Crippen LogP contribution in [0.2, 0.25) is 5.02 Å². The van der Waals surface area contributed by atoms with E-state index in [9.17, 15) is 4.79 Å². The molecular weight excluding hydrogens is 422 g/mol. The lowest BCUT2D eigenvalue weighted by atomic mass is 9.86. The van der Waals surface area contributed by atoms with E-state index in [-0.39, 0.29) is 17.7 Å². The van der Waals surface area contributed by atoms with Gasteiger partial charge < -0.3 is 10.2 Å². The van der Waals surface area contributed by atoms with Gasteiger partial charge in [0.05, 0.1) is 17.4 Å². The molecule has 2 aromatic rings. The molecule has 2 aliphatic heterocycles. The Morgan fingerprint density at radius 2 is 1.81 bits per heavy atom. The molecule has 0 radical (unpaired) electrons. The maximum absolute atomic E-state index is 12.8. The number of nitrogens with zero attached hydrogens (tertiary/aromatic N) is 4. The number of rotatable bonds is 7. The molecule has 2 saturated heterocycles. The summed E-state index contributed by atoms with van der Waals surface area (Å²) in [6, 6.07) is 10.7. The minimum Gasteiger partial charge on any atom is -0.356 e. The van der Waals surface area contributed by atoms with Crippen molar-refractivity contribution in [2.45, 2.75) is 39.2 Å². The zero-order chi connectivity index (χ0) is 22.3. The standard InChI is InChI=1S/C25H34ClN5O/c1-19-17-31(25-28-15-22(26)16-29-25)14-10-23(19)24(32)27-11-7-20-8-12-30(13-9-20)18-21-5-3-2-4-6-21/h2-6,15-16,19-20,23H,7-14,17-18H2,1H3,(H,27,32)/t19-,23?/m0/s1. The van der Waals surface area contributed by atoms with E-state index < -0.39 is 0 Å². The van der Waals surface area contributed by atoms with E-state index in [2.05, 4.69) is 62.3 Å². The molecular formula is C25H34ClN5O. The Morgan fingerprint density at radius 1 is 1.09 bits per heavy atom. The molecule has 1 aromatic carbocycles. The number of amides is 1. The summed E-state index contributed by atoms with van der Waals surface area (Å²) in [5.41, 5.74) is 1.39. The average molecular weight is 456 g/mol. The van der Waals surface area contributed by atoms with Crippen LogP contribution in [0.4, 0.5) is 5.95 Å². The summed E-state index contributed by atoms with van der Waals surface area (Å²) in [6.07, 6.45) is 7.60. The van der Waals surface area contributed by atoms with Crippen molar-refractivity contribution in [1.82, 2.24) is 20.2 Å². The molecule has 1 unspecified atom stereocenters. The highest BCUT2D eigenvalue weighted by Gasteiger charge is 2.32. The molecule has 3 heterocycles. The SMILES string of the molecule is C[C@H]1CN(c2ncc(Cl)cn2)CCC1C(=O)NCCC1CCN(Cc2ccccc2)CC1. The molecule has 4 rings (SSSR count). The first kappa shape index (κ1) is 23.0. The van der Waals surface area contributed by atoms with Gasteiger partial charge in [-0.3, -0.25) is 9.69 Å². The second-order valence-electron chi connectivity index (χ2n) is 9.30. The summed E-state index contributed by atoms with van der Waals surface area (Å²) in [4.78, 5) is 26.1. The van der Waals surface area contributed by atoms with E-state index in [0.29, 0.717) is 16.9 Å². The maximum Gasteiger partial charge on any atom is 0.225 e. The number of nitrogens with one attached hydrogen (secondary N) is 1. The maximum atomic E-state index is 12.8. The van der Waals surface area contributed by atoms with Crippen LogP contribution in [0.5, 0.6) is 0 Å². The molecule has 7 heteroatoms. The molecule has 0 saturated carbocycles. The van der Waals surface area contributed by atoms with Gasteiger partial charge in [-0.25, -0.2) is 9.97 Å². The third kappa shape index (κ3) is 6.20. The predicted octanol–water partition coefficient (Wildman–Crippen LogP) is 4.01. The van der Waals surface area contributed by atoms with Gasteiger partial charge in [-0.05, 0) is 56.2 Å². The Hall–Kier alpha value is -2.18. The zero-order valence-corrected chi connectivity index (χ0v) is 19.7. The quantitative estimate of drug-likeness (QED) is 0.683. The van der Waals surface area contributed by atoms with Crippen LogP contribution in [0.25, 0.3) is 0 Å². The molecule has 2 atom stereocenters. The van der Waals surface area contributed by atoms with E-state index in [4.69, 9.17) is 11.6 Å². The van der Waals surface area contributed by atoms with Crippen molar-refractivity contribution in [3.8, 4) is 0 Å². The van der Waals surface area contributed by atoms with Crippen molar-refractivity contribution in [3.05, 3.63) is 53.3 Å². The van der Waals surface area contributed by atoms with Crippen LogP contribution in [0.3, 0.4) is 0 Å². The van der Waals surface area contributed by atoms with E-state index in [1.807, 2.05) is 0 Å². The van der Waals surface area contributed by atoms with E-state index >= 15 is 0 Å². The Morgan fingerprint density at radius 3 is 2.50 bits per heavy atom. The van der Waals surface area contributed by atoms with Crippen molar-refractivity contribution in [3.63, 3.8) is 0 Å². The molecule has 6 nitrogen and oxygen atoms in total. The van der Waals surface area contributed by atoms with Crippen molar-refractivity contribution in [2.24, 2.45) is 17.8 Å². The Kier molecular flexibility index (Phi) is 7.98. The molecule has 1 N–H and O–H groups in total. The number of carbonyl (C=O) groups is 1. The second-order valence-corrected chi connectivity index (χ2v) is 9.74. The van der Waals surface area contributed by atoms with Gasteiger partial charge in [0.2, 0.25) is 11.9 Å². The summed E-state index contributed by atoms with van der Waals surface area (Å²) >= 11 is 5.89. The summed E-state index contributed by atoms with van der Waals surface area (Å²) in [6.45, 7) is 7.86. The summed E-state index contributed by atoms with van der Waals surface area (Å²) in [7, 11) is 0. The minimum absolute atomic E-state index is 0.0614. The van der Waals surface area contributed by atoms with E-state index in [0.717, 1.165) is 52.1 Å². The Balaban J connectivity index is 1.14. The number of piperidine rings is 2. The van der Waals surface area contributed by atoms with Gasteiger partial charge in [0, 0.05) is 32.1 Å². The van der Waals surface area contributed by atoms with Crippen LogP contribution >= 0.6 is 11.6 Å². The fourth-order valence-electron chi connectivity index (χ4n) is 4.99. The Bertz CT molecular complexity index is 854. The van der Waals surface area contributed by atoms with Crippen molar-refractivity contribution in [1.29, 1.82) is 0 Å². The first-order valence-corrected chi connectivity index (χ1v) is 12.2. The number of likely N-dealkylation sites (tertiary alicyclic amines) is 1. The number of hydrogen-bond acceptors (Lipinski definition) is 5. The van der Waals surface area contributed by atoms with Crippen LogP contribution in [-0.2, 0) is 11.3 Å². The fourth-order valence-corrected chi connectivity index (χ4v) is 5.09. The third-order valence-electron chi connectivity index (χ3n) is 6.94. The van der Waals surface area contributed by atoms with Gasteiger partial charge in [0.1, 0.15) is 0 Å². The number of benzene rings is 1. The highest BCUT2D eigenvalue weighted by atomic mass is 35.5. The number of hydrogen-bond donors (Lipinski definition) is 1. The monoisotopic (exact) mass is 455 g/mol. The molecule has 0 spiro atoms. The van der Waals surface area contributed by atoms with E-state index in [1.165, 1.54) is 18.4 Å². The first-order valence-electron chi connectivity index (χ1n) is 11.8. The van der Waals surface area contributed by atoms with Gasteiger partial charge in [-0.1, -0.05) is 48.9 Å². The third-order valence-corrected chi connectivity index (χ3v) is 7.13. The lowest BCUT2D eigenvalue weighted by molar-refractivity contribution is -0.127. The predicted molar refractivity (Wildman–Crippen MR) is 129 cm³/mol. The van der Waals surface area contributed by atoms with E-state index in [1.54, 1.807) is 12.4 Å². The highest BCUT2D eigenvalue weighted by Crippen LogP contribution is 2.26. The Labute approximate surface area is 196 Å². The smallest absolute Gasteiger partial charge is 0.225 e. The van der Waals surface area contributed by atoms with Crippen molar-refractivity contribution < 1.29 is 4.79 Å². The van der Waals surface area contributed by atoms with Crippen molar-refractivity contribution in [2.75, 3.05) is 37.6 Å². The van der Waals surface area contributed by atoms with Gasteiger partial charge in [-0.2, -0.15) is 0 Å². The fraction of sp³-hybridized carbons (Fsp3) is 0.560. The number of anilines is 1. The lowest BCUT2D eigenvalue weighted by Crippen LogP contribution is -2.46. The molecule has 1 amide bonds. The summed E-state index contributed by atoms with van der Waals surface area (Å²) in [5, 5.41) is 3.76. The zero-order valence-electron chi connectivity index (χ0n) is 18.9. The van der Waals surface area contributed by atoms with Crippen LogP contribution in [0.1, 0.15) is 38.2 Å². The van der Waals surface area contributed by atoms with Crippen molar-refractivity contribution >= 4 is 23.5 Å². The minimum atomic E-state index is 0.0614. The first-order chi connectivity index (χ1) is 15.6. The van der Waals surface area contributed by atoms with Gasteiger partial charge in [-0.15, -0.1) is 0 Å². The molecule has 2 aliphatic rings. The van der Waals surface area contributed by atoms with Crippen LogP contribution in [0.15, 0.2) is 42.7 Å². The lowest BCUT2D eigenvalue weighted by Gasteiger charge is -2.36. The number of aromatic nitrogens is 2. The topological polar surface area (TPSA) is 61.4 Å². The average Bonchev–Trinajstić information content (AvgIpc) is 2.81. The van der Waals surface area contributed by atoms with Crippen LogP contribution < -0.4 is 10.2 Å². The molecule has 2 fully saturated rings. The largest absolute Gasteiger partial charge is 0.356 e. The molecule has 172 valence electrons. The van der Waals surface area contributed by atoms with Gasteiger partial charge >= 0.3 is 0 Å². The van der Waals surface area contributed by atoms with Gasteiger partial charge in [0.25, 0.3) is 0 Å². The molecule has 1 aromatic heterocycles.